The van der Waals surface area contributed by atoms with Crippen LogP contribution in [0, 0.1) is 0 Å². The van der Waals surface area contributed by atoms with Crippen molar-refractivity contribution in [3.63, 3.8) is 0 Å². The summed E-state index contributed by atoms with van der Waals surface area (Å²) >= 11 is 3.50. The molecule has 0 unspecified atom stereocenters. The maximum absolute atomic E-state index is 6.04. The largest absolute Gasteiger partial charge is 0.383 e. The molecule has 2 heterocycles. The van der Waals surface area contributed by atoms with Crippen LogP contribution in [0.2, 0.25) is 0 Å². The zero-order valence-electron chi connectivity index (χ0n) is 10.1. The van der Waals surface area contributed by atoms with E-state index in [2.05, 4.69) is 26.1 Å². The van der Waals surface area contributed by atoms with Crippen LogP contribution in [0.5, 0.6) is 0 Å². The molecular weight excluding hydrogens is 294 g/mol. The molecule has 0 atom stereocenters. The number of rotatable bonds is 1. The summed E-state index contributed by atoms with van der Waals surface area (Å²) < 4.78 is 4.33. The van der Waals surface area contributed by atoms with E-state index in [4.69, 9.17) is 5.73 Å². The molecule has 18 heavy (non-hydrogen) atoms. The molecule has 0 bridgehead atoms. The molecule has 0 saturated heterocycles. The Kier molecular flexibility index (Phi) is 2.41. The lowest BCUT2D eigenvalue weighted by molar-refractivity contribution is 0.779. The van der Waals surface area contributed by atoms with Gasteiger partial charge in [0.15, 0.2) is 0 Å². The molecule has 0 radical (unpaired) electrons. The summed E-state index contributed by atoms with van der Waals surface area (Å²) in [6.45, 7) is 0. The maximum atomic E-state index is 6.04. The fraction of sp³-hybridized carbons (Fsp3) is 0.167. The Hall–Kier alpha value is -1.82. The number of halogens is 1. The number of aryl methyl sites for hydroxylation is 2. The normalized spacial score (nSPS) is 11.3. The molecule has 5 nitrogen and oxygen atoms in total. The van der Waals surface area contributed by atoms with Crippen molar-refractivity contribution in [2.45, 2.75) is 0 Å². The molecule has 1 aromatic carbocycles. The minimum Gasteiger partial charge on any atom is -0.383 e. The van der Waals surface area contributed by atoms with Gasteiger partial charge >= 0.3 is 0 Å². The number of benzene rings is 1. The average molecular weight is 306 g/mol. The van der Waals surface area contributed by atoms with E-state index in [-0.39, 0.29) is 0 Å². The van der Waals surface area contributed by atoms with Gasteiger partial charge in [-0.15, -0.1) is 0 Å². The van der Waals surface area contributed by atoms with Gasteiger partial charge in [0.25, 0.3) is 0 Å². The van der Waals surface area contributed by atoms with Crippen LogP contribution in [0.1, 0.15) is 0 Å². The molecule has 2 aromatic heterocycles. The summed E-state index contributed by atoms with van der Waals surface area (Å²) in [6.07, 6.45) is 1.78. The van der Waals surface area contributed by atoms with E-state index in [1.807, 2.05) is 37.0 Å². The predicted octanol–water partition coefficient (Wildman–Crippen LogP) is 2.32. The van der Waals surface area contributed by atoms with Gasteiger partial charge in [-0.3, -0.25) is 9.36 Å². The fourth-order valence-electron chi connectivity index (χ4n) is 2.14. The Morgan fingerprint density at radius 1 is 1.17 bits per heavy atom. The highest BCUT2D eigenvalue weighted by Crippen LogP contribution is 2.35. The topological polar surface area (TPSA) is 61.7 Å². The first-order chi connectivity index (χ1) is 8.59. The number of nitrogens with two attached hydrogens (primary N) is 1. The van der Waals surface area contributed by atoms with Crippen LogP contribution in [0.25, 0.3) is 22.0 Å². The minimum absolute atomic E-state index is 0.651. The summed E-state index contributed by atoms with van der Waals surface area (Å²) in [6, 6.07) is 6.06. The van der Waals surface area contributed by atoms with Crippen molar-refractivity contribution in [3.8, 4) is 11.1 Å². The van der Waals surface area contributed by atoms with Gasteiger partial charge in [0, 0.05) is 25.0 Å². The molecule has 0 aliphatic carbocycles. The van der Waals surface area contributed by atoms with E-state index in [0.717, 1.165) is 26.6 Å². The van der Waals surface area contributed by atoms with E-state index in [0.29, 0.717) is 5.82 Å². The van der Waals surface area contributed by atoms with Crippen LogP contribution in [0.3, 0.4) is 0 Å². The number of hydrogen-bond donors (Lipinski definition) is 1. The molecule has 0 amide bonds. The Balaban J connectivity index is 2.39. The first kappa shape index (κ1) is 11.3. The van der Waals surface area contributed by atoms with Crippen molar-refractivity contribution in [3.05, 3.63) is 29.0 Å². The third kappa shape index (κ3) is 1.45. The zero-order valence-corrected chi connectivity index (χ0v) is 11.6. The first-order valence-electron chi connectivity index (χ1n) is 5.48. The lowest BCUT2D eigenvalue weighted by Gasteiger charge is -2.03. The molecule has 92 valence electrons. The van der Waals surface area contributed by atoms with Gasteiger partial charge in [0.2, 0.25) is 0 Å². The molecule has 3 aromatic rings. The molecule has 0 aliphatic heterocycles. The van der Waals surface area contributed by atoms with E-state index in [1.165, 1.54) is 0 Å². The first-order valence-corrected chi connectivity index (χ1v) is 6.28. The summed E-state index contributed by atoms with van der Waals surface area (Å²) in [7, 11) is 3.75. The van der Waals surface area contributed by atoms with E-state index in [9.17, 15) is 0 Å². The van der Waals surface area contributed by atoms with Crippen molar-refractivity contribution in [2.24, 2.45) is 14.1 Å². The number of hydrogen-bond acceptors (Lipinski definition) is 3. The van der Waals surface area contributed by atoms with Crippen molar-refractivity contribution in [1.29, 1.82) is 0 Å². The van der Waals surface area contributed by atoms with Crippen LogP contribution < -0.4 is 5.73 Å². The smallest absolute Gasteiger partial charge is 0.136 e. The predicted molar refractivity (Wildman–Crippen MR) is 75.0 cm³/mol. The summed E-state index contributed by atoms with van der Waals surface area (Å²) in [5.74, 6) is 0.651. The van der Waals surface area contributed by atoms with Crippen molar-refractivity contribution in [1.82, 2.24) is 19.6 Å². The van der Waals surface area contributed by atoms with E-state index < -0.39 is 0 Å². The summed E-state index contributed by atoms with van der Waals surface area (Å²) in [5.41, 5.74) is 9.07. The van der Waals surface area contributed by atoms with Crippen LogP contribution in [0.15, 0.2) is 29.0 Å². The summed E-state index contributed by atoms with van der Waals surface area (Å²) in [4.78, 5) is 0. The SMILES string of the molecule is Cn1ncc(-c2cccc3c2c(Br)nn3C)c1N. The van der Waals surface area contributed by atoms with Gasteiger partial charge in [-0.05, 0) is 27.6 Å². The van der Waals surface area contributed by atoms with Crippen LogP contribution in [-0.4, -0.2) is 19.6 Å². The molecule has 0 saturated carbocycles. The van der Waals surface area contributed by atoms with Crippen molar-refractivity contribution < 1.29 is 0 Å². The second-order valence-electron chi connectivity index (χ2n) is 4.18. The number of nitrogens with zero attached hydrogens (tertiary/aromatic N) is 4. The standard InChI is InChI=1S/C12H12BrN5/c1-17-9-5-3-4-7(10(9)11(13)16-17)8-6-15-18(2)12(8)14/h3-6H,14H2,1-2H3. The van der Waals surface area contributed by atoms with Crippen LogP contribution in [0.4, 0.5) is 5.82 Å². The molecule has 2 N–H and O–H groups in total. The molecule has 6 heteroatoms. The van der Waals surface area contributed by atoms with Crippen LogP contribution >= 0.6 is 15.9 Å². The number of fused-ring (bicyclic) bond motifs is 1. The van der Waals surface area contributed by atoms with Gasteiger partial charge in [-0.2, -0.15) is 10.2 Å². The molecule has 0 fully saturated rings. The third-order valence-corrected chi connectivity index (χ3v) is 3.67. The lowest BCUT2D eigenvalue weighted by Crippen LogP contribution is -1.98. The Labute approximate surface area is 112 Å². The second kappa shape index (κ2) is 3.84. The summed E-state index contributed by atoms with van der Waals surface area (Å²) in [5, 5.41) is 9.62. The molecule has 0 spiro atoms. The molecule has 3 rings (SSSR count). The minimum atomic E-state index is 0.651. The highest BCUT2D eigenvalue weighted by atomic mass is 79.9. The Morgan fingerprint density at radius 2 is 1.94 bits per heavy atom. The number of anilines is 1. The number of aromatic nitrogens is 4. The van der Waals surface area contributed by atoms with E-state index >= 15 is 0 Å². The lowest BCUT2D eigenvalue weighted by atomic mass is 10.0. The van der Waals surface area contributed by atoms with Crippen molar-refractivity contribution >= 4 is 32.7 Å². The van der Waals surface area contributed by atoms with E-state index in [1.54, 1.807) is 10.9 Å². The average Bonchev–Trinajstić information content (AvgIpc) is 2.83. The second-order valence-corrected chi connectivity index (χ2v) is 4.93. The fourth-order valence-corrected chi connectivity index (χ4v) is 2.80. The Bertz CT molecular complexity index is 740. The van der Waals surface area contributed by atoms with Gasteiger partial charge in [-0.1, -0.05) is 12.1 Å². The monoisotopic (exact) mass is 305 g/mol. The highest BCUT2D eigenvalue weighted by Gasteiger charge is 2.15. The van der Waals surface area contributed by atoms with Gasteiger partial charge in [-0.25, -0.2) is 0 Å². The Morgan fingerprint density at radius 3 is 2.61 bits per heavy atom. The van der Waals surface area contributed by atoms with Crippen LogP contribution in [-0.2, 0) is 14.1 Å². The number of nitrogen functional groups attached to an aromatic ring is 1. The van der Waals surface area contributed by atoms with Gasteiger partial charge < -0.3 is 5.73 Å². The zero-order chi connectivity index (χ0) is 12.9. The van der Waals surface area contributed by atoms with Crippen molar-refractivity contribution in [2.75, 3.05) is 5.73 Å². The maximum Gasteiger partial charge on any atom is 0.136 e. The molecular formula is C12H12BrN5. The third-order valence-electron chi connectivity index (χ3n) is 3.11. The quantitative estimate of drug-likeness (QED) is 0.750. The van der Waals surface area contributed by atoms with Gasteiger partial charge in [0.1, 0.15) is 10.4 Å². The highest BCUT2D eigenvalue weighted by molar-refractivity contribution is 9.10. The van der Waals surface area contributed by atoms with Gasteiger partial charge in [0.05, 0.1) is 11.7 Å². The molecule has 0 aliphatic rings.